The standard InChI is InChI=1S/C15H20N2O3/c1-16(9-12-5-3-2-4-6-12)15(20)17(11-14(18)19)10-13-7-8-13/h2-6,13H,7-11H2,1H3,(H,18,19). The summed E-state index contributed by atoms with van der Waals surface area (Å²) in [6.07, 6.45) is 2.18. The van der Waals surface area contributed by atoms with Crippen LogP contribution < -0.4 is 0 Å². The first-order chi connectivity index (χ1) is 9.56. The smallest absolute Gasteiger partial charge is 0.323 e. The van der Waals surface area contributed by atoms with E-state index in [0.29, 0.717) is 19.0 Å². The fourth-order valence-corrected chi connectivity index (χ4v) is 2.15. The van der Waals surface area contributed by atoms with Crippen LogP contribution >= 0.6 is 0 Å². The van der Waals surface area contributed by atoms with Crippen molar-refractivity contribution in [1.82, 2.24) is 9.80 Å². The Morgan fingerprint density at radius 1 is 1.25 bits per heavy atom. The quantitative estimate of drug-likeness (QED) is 0.865. The van der Waals surface area contributed by atoms with Crippen LogP contribution in [0.4, 0.5) is 4.79 Å². The van der Waals surface area contributed by atoms with Gasteiger partial charge in [0.05, 0.1) is 0 Å². The van der Waals surface area contributed by atoms with Crippen molar-refractivity contribution < 1.29 is 14.7 Å². The minimum absolute atomic E-state index is 0.219. The Morgan fingerprint density at radius 3 is 2.45 bits per heavy atom. The van der Waals surface area contributed by atoms with Gasteiger partial charge >= 0.3 is 12.0 Å². The second-order valence-electron chi connectivity index (χ2n) is 5.34. The molecule has 0 atom stereocenters. The fraction of sp³-hybridized carbons (Fsp3) is 0.467. The topological polar surface area (TPSA) is 60.9 Å². The van der Waals surface area contributed by atoms with Crippen LogP contribution in [-0.4, -0.2) is 47.0 Å². The zero-order chi connectivity index (χ0) is 14.5. The van der Waals surface area contributed by atoms with Crippen LogP contribution in [0.3, 0.4) is 0 Å². The summed E-state index contributed by atoms with van der Waals surface area (Å²) in [7, 11) is 1.71. The van der Waals surface area contributed by atoms with Gasteiger partial charge in [-0.3, -0.25) is 4.79 Å². The number of carboxylic acid groups (broad SMARTS) is 1. The lowest BCUT2D eigenvalue weighted by molar-refractivity contribution is -0.137. The molecular formula is C15H20N2O3. The first-order valence-electron chi connectivity index (χ1n) is 6.82. The molecule has 0 aromatic heterocycles. The molecule has 1 saturated carbocycles. The molecule has 2 rings (SSSR count). The highest BCUT2D eigenvalue weighted by molar-refractivity contribution is 5.80. The van der Waals surface area contributed by atoms with Crippen LogP contribution in [0, 0.1) is 5.92 Å². The van der Waals surface area contributed by atoms with E-state index in [-0.39, 0.29) is 12.6 Å². The molecule has 1 aliphatic carbocycles. The van der Waals surface area contributed by atoms with Gasteiger partial charge in [-0.15, -0.1) is 0 Å². The third kappa shape index (κ3) is 4.26. The molecule has 1 aliphatic rings. The van der Waals surface area contributed by atoms with Gasteiger partial charge in [-0.1, -0.05) is 30.3 Å². The van der Waals surface area contributed by atoms with Crippen molar-refractivity contribution in [2.45, 2.75) is 19.4 Å². The Balaban J connectivity index is 1.96. The van der Waals surface area contributed by atoms with Crippen molar-refractivity contribution in [3.63, 3.8) is 0 Å². The SMILES string of the molecule is CN(Cc1ccccc1)C(=O)N(CC(=O)O)CC1CC1. The summed E-state index contributed by atoms with van der Waals surface area (Å²) >= 11 is 0. The number of hydrogen-bond donors (Lipinski definition) is 1. The molecular weight excluding hydrogens is 256 g/mol. The van der Waals surface area contributed by atoms with Crippen molar-refractivity contribution in [3.05, 3.63) is 35.9 Å². The van der Waals surface area contributed by atoms with Crippen molar-refractivity contribution in [3.8, 4) is 0 Å². The number of urea groups is 1. The molecule has 0 bridgehead atoms. The molecule has 0 spiro atoms. The van der Waals surface area contributed by atoms with E-state index >= 15 is 0 Å². The van der Waals surface area contributed by atoms with E-state index in [1.165, 1.54) is 4.90 Å². The predicted molar refractivity (Wildman–Crippen MR) is 75.2 cm³/mol. The molecule has 108 valence electrons. The molecule has 2 amide bonds. The largest absolute Gasteiger partial charge is 0.480 e. The molecule has 0 unspecified atom stereocenters. The zero-order valence-electron chi connectivity index (χ0n) is 11.7. The number of nitrogens with zero attached hydrogens (tertiary/aromatic N) is 2. The van der Waals surface area contributed by atoms with Crippen molar-refractivity contribution in [2.24, 2.45) is 5.92 Å². The van der Waals surface area contributed by atoms with Crippen LogP contribution in [0.1, 0.15) is 18.4 Å². The van der Waals surface area contributed by atoms with E-state index in [1.807, 2.05) is 30.3 Å². The summed E-state index contributed by atoms with van der Waals surface area (Å²) in [4.78, 5) is 26.2. The molecule has 0 aliphatic heterocycles. The monoisotopic (exact) mass is 276 g/mol. The number of amides is 2. The van der Waals surface area contributed by atoms with Crippen molar-refractivity contribution >= 4 is 12.0 Å². The normalized spacial score (nSPS) is 13.8. The van der Waals surface area contributed by atoms with E-state index in [0.717, 1.165) is 18.4 Å². The maximum atomic E-state index is 12.3. The number of aliphatic carboxylic acids is 1. The average Bonchev–Trinajstić information content (AvgIpc) is 3.21. The van der Waals surface area contributed by atoms with Crippen molar-refractivity contribution in [1.29, 1.82) is 0 Å². The lowest BCUT2D eigenvalue weighted by Crippen LogP contribution is -2.44. The van der Waals surface area contributed by atoms with Gasteiger partial charge in [0.2, 0.25) is 0 Å². The first-order valence-corrected chi connectivity index (χ1v) is 6.82. The van der Waals surface area contributed by atoms with Crippen LogP contribution in [0.2, 0.25) is 0 Å². The number of hydrogen-bond acceptors (Lipinski definition) is 2. The number of carbonyl (C=O) groups is 2. The summed E-state index contributed by atoms with van der Waals surface area (Å²) in [5.41, 5.74) is 1.03. The molecule has 1 aromatic carbocycles. The Hall–Kier alpha value is -2.04. The Bertz CT molecular complexity index is 471. The van der Waals surface area contributed by atoms with E-state index in [4.69, 9.17) is 5.11 Å². The minimum atomic E-state index is -0.966. The lowest BCUT2D eigenvalue weighted by Gasteiger charge is -2.27. The second-order valence-corrected chi connectivity index (χ2v) is 5.34. The van der Waals surface area contributed by atoms with Gasteiger partial charge in [-0.05, 0) is 24.3 Å². The summed E-state index contributed by atoms with van der Waals surface area (Å²) < 4.78 is 0. The molecule has 1 fully saturated rings. The highest BCUT2D eigenvalue weighted by atomic mass is 16.4. The highest BCUT2D eigenvalue weighted by Gasteiger charge is 2.29. The molecule has 0 heterocycles. The minimum Gasteiger partial charge on any atom is -0.480 e. The summed E-state index contributed by atoms with van der Waals surface area (Å²) in [6, 6.07) is 9.45. The number of carbonyl (C=O) groups excluding carboxylic acids is 1. The zero-order valence-corrected chi connectivity index (χ0v) is 11.7. The molecule has 0 saturated heterocycles. The fourth-order valence-electron chi connectivity index (χ4n) is 2.15. The van der Waals surface area contributed by atoms with Gasteiger partial charge in [-0.2, -0.15) is 0 Å². The Morgan fingerprint density at radius 2 is 1.90 bits per heavy atom. The van der Waals surface area contributed by atoms with E-state index < -0.39 is 5.97 Å². The second kappa shape index (κ2) is 6.41. The van der Waals surface area contributed by atoms with Crippen LogP contribution in [-0.2, 0) is 11.3 Å². The van der Waals surface area contributed by atoms with Crippen LogP contribution in [0.15, 0.2) is 30.3 Å². The number of benzene rings is 1. The maximum absolute atomic E-state index is 12.3. The molecule has 5 nitrogen and oxygen atoms in total. The van der Waals surface area contributed by atoms with Gasteiger partial charge in [-0.25, -0.2) is 4.79 Å². The third-order valence-electron chi connectivity index (χ3n) is 3.36. The van der Waals surface area contributed by atoms with Crippen LogP contribution in [0.25, 0.3) is 0 Å². The Labute approximate surface area is 118 Å². The first kappa shape index (κ1) is 14.4. The van der Waals surface area contributed by atoms with Gasteiger partial charge in [0.1, 0.15) is 6.54 Å². The Kier molecular flexibility index (Phi) is 4.61. The van der Waals surface area contributed by atoms with Gasteiger partial charge in [0.15, 0.2) is 0 Å². The number of rotatable bonds is 6. The van der Waals surface area contributed by atoms with E-state index in [2.05, 4.69) is 0 Å². The van der Waals surface area contributed by atoms with E-state index in [1.54, 1.807) is 11.9 Å². The highest BCUT2D eigenvalue weighted by Crippen LogP contribution is 2.30. The molecule has 1 aromatic rings. The van der Waals surface area contributed by atoms with E-state index in [9.17, 15) is 9.59 Å². The summed E-state index contributed by atoms with van der Waals surface area (Å²) in [5, 5.41) is 8.93. The molecule has 20 heavy (non-hydrogen) atoms. The average molecular weight is 276 g/mol. The predicted octanol–water partition coefficient (Wildman–Crippen LogP) is 2.04. The van der Waals surface area contributed by atoms with Gasteiger partial charge in [0.25, 0.3) is 0 Å². The maximum Gasteiger partial charge on any atom is 0.323 e. The summed E-state index contributed by atoms with van der Waals surface area (Å²) in [5.74, 6) is -0.490. The number of carboxylic acids is 1. The van der Waals surface area contributed by atoms with Gasteiger partial charge in [0, 0.05) is 20.1 Å². The van der Waals surface area contributed by atoms with Gasteiger partial charge < -0.3 is 14.9 Å². The molecule has 0 radical (unpaired) electrons. The third-order valence-corrected chi connectivity index (χ3v) is 3.36. The van der Waals surface area contributed by atoms with Crippen LogP contribution in [0.5, 0.6) is 0 Å². The van der Waals surface area contributed by atoms with Crippen molar-refractivity contribution in [2.75, 3.05) is 20.1 Å². The molecule has 1 N–H and O–H groups in total. The lowest BCUT2D eigenvalue weighted by atomic mass is 10.2. The molecule has 5 heteroatoms. The summed E-state index contributed by atoms with van der Waals surface area (Å²) in [6.45, 7) is 0.805.